The molecule has 2 saturated carbocycles. The van der Waals surface area contributed by atoms with Gasteiger partial charge in [0.1, 0.15) is 5.60 Å². The van der Waals surface area contributed by atoms with Crippen molar-refractivity contribution < 1.29 is 18.4 Å². The predicted octanol–water partition coefficient (Wildman–Crippen LogP) is 5.12. The van der Waals surface area contributed by atoms with Crippen LogP contribution >= 0.6 is 0 Å². The maximum Gasteiger partial charge on any atom is 0.309 e. The van der Waals surface area contributed by atoms with Crippen LogP contribution in [0, 0.1) is 23.7 Å². The zero-order valence-electron chi connectivity index (χ0n) is 18.9. The molecule has 0 amide bonds. The molecule has 0 aromatic carbocycles. The lowest BCUT2D eigenvalue weighted by molar-refractivity contribution is -0.166. The SMILES string of the molecule is CC(C)(C)[Si](C)(C)OC1[C@H]2[C@@H](C[C@@]3(O[Si](C)(C)C)CC(=O)O[C@@H]13)[C@H]1C=C[C@@H]2C1. The Hall–Kier alpha value is -0.436. The lowest BCUT2D eigenvalue weighted by atomic mass is 9.64. The zero-order chi connectivity index (χ0) is 20.7. The van der Waals surface area contributed by atoms with Gasteiger partial charge in [0.05, 0.1) is 12.5 Å². The van der Waals surface area contributed by atoms with Gasteiger partial charge >= 0.3 is 5.97 Å². The summed E-state index contributed by atoms with van der Waals surface area (Å²) in [4.78, 5) is 12.6. The van der Waals surface area contributed by atoms with E-state index >= 15 is 0 Å². The van der Waals surface area contributed by atoms with Gasteiger partial charge in [-0.1, -0.05) is 32.9 Å². The van der Waals surface area contributed by atoms with Crippen molar-refractivity contribution in [1.29, 1.82) is 0 Å². The van der Waals surface area contributed by atoms with E-state index in [1.54, 1.807) is 0 Å². The van der Waals surface area contributed by atoms with Crippen molar-refractivity contribution in [1.82, 2.24) is 0 Å². The third-order valence-corrected chi connectivity index (χ3v) is 13.4. The average molecular weight is 423 g/mol. The fourth-order valence-electron chi connectivity index (χ4n) is 5.93. The molecule has 1 unspecified atom stereocenters. The standard InChI is InChI=1S/C22H38O4Si2/c1-21(2,3)28(7,8)25-19-18-15-10-9-14(11-15)16(18)12-22(26-27(4,5)6)13-17(23)24-20(19)22/h9-10,14-16,18-20H,11-13H2,1-8H3/t14-,15+,16-,18+,19?,20-,22+/m0/s1. The van der Waals surface area contributed by atoms with E-state index in [2.05, 4.69) is 65.7 Å². The van der Waals surface area contributed by atoms with Gasteiger partial charge in [0, 0.05) is 0 Å². The van der Waals surface area contributed by atoms with E-state index in [9.17, 15) is 4.79 Å². The second-order valence-electron chi connectivity index (χ2n) is 12.1. The average Bonchev–Trinajstić information content (AvgIpc) is 3.15. The van der Waals surface area contributed by atoms with Crippen LogP contribution in [-0.2, 0) is 18.4 Å². The quantitative estimate of drug-likeness (QED) is 0.358. The van der Waals surface area contributed by atoms with E-state index in [4.69, 9.17) is 13.6 Å². The van der Waals surface area contributed by atoms with Crippen molar-refractivity contribution in [3.8, 4) is 0 Å². The summed E-state index contributed by atoms with van der Waals surface area (Å²) < 4.78 is 19.9. The topological polar surface area (TPSA) is 44.8 Å². The van der Waals surface area contributed by atoms with Crippen molar-refractivity contribution in [2.75, 3.05) is 0 Å². The first-order valence-electron chi connectivity index (χ1n) is 11.0. The van der Waals surface area contributed by atoms with Crippen LogP contribution < -0.4 is 0 Å². The van der Waals surface area contributed by atoms with Crippen molar-refractivity contribution in [3.05, 3.63) is 12.2 Å². The molecule has 0 N–H and O–H groups in total. The van der Waals surface area contributed by atoms with Crippen LogP contribution in [0.2, 0.25) is 37.8 Å². The van der Waals surface area contributed by atoms with Crippen molar-refractivity contribution >= 4 is 22.6 Å². The van der Waals surface area contributed by atoms with E-state index in [1.165, 1.54) is 6.42 Å². The third kappa shape index (κ3) is 3.28. The molecule has 0 radical (unpaired) electrons. The summed E-state index contributed by atoms with van der Waals surface area (Å²) in [7, 11) is -3.87. The Kier molecular flexibility index (Phi) is 4.67. The number of carbonyl (C=O) groups is 1. The van der Waals surface area contributed by atoms with E-state index in [0.29, 0.717) is 30.1 Å². The summed E-state index contributed by atoms with van der Waals surface area (Å²) in [6, 6.07) is 0. The Balaban J connectivity index is 1.75. The summed E-state index contributed by atoms with van der Waals surface area (Å²) in [6.45, 7) is 18.1. The molecule has 7 atom stereocenters. The number of rotatable bonds is 4. The molecule has 0 spiro atoms. The van der Waals surface area contributed by atoms with Crippen molar-refractivity contribution in [2.45, 2.75) is 95.6 Å². The molecule has 4 rings (SSSR count). The summed E-state index contributed by atoms with van der Waals surface area (Å²) in [5.74, 6) is 2.07. The van der Waals surface area contributed by atoms with Gasteiger partial charge in [0.15, 0.2) is 22.7 Å². The van der Waals surface area contributed by atoms with Crippen LogP contribution in [0.15, 0.2) is 12.2 Å². The van der Waals surface area contributed by atoms with Gasteiger partial charge in [-0.2, -0.15) is 0 Å². The summed E-state index contributed by atoms with van der Waals surface area (Å²) in [5, 5.41) is 0.123. The second kappa shape index (κ2) is 6.28. The monoisotopic (exact) mass is 422 g/mol. The van der Waals surface area contributed by atoms with Gasteiger partial charge in [0.2, 0.25) is 0 Å². The Morgan fingerprint density at radius 2 is 1.75 bits per heavy atom. The number of esters is 1. The molecule has 1 heterocycles. The van der Waals surface area contributed by atoms with E-state index in [0.717, 1.165) is 6.42 Å². The molecule has 3 aliphatic carbocycles. The zero-order valence-corrected chi connectivity index (χ0v) is 20.9. The predicted molar refractivity (Wildman–Crippen MR) is 116 cm³/mol. The molecule has 0 aromatic rings. The number of fused-ring (bicyclic) bond motifs is 6. The van der Waals surface area contributed by atoms with Gasteiger partial charge in [-0.05, 0) is 74.3 Å². The summed E-state index contributed by atoms with van der Waals surface area (Å²) in [6.07, 6.45) is 7.09. The van der Waals surface area contributed by atoms with Crippen molar-refractivity contribution in [2.24, 2.45) is 23.7 Å². The number of ether oxygens (including phenoxy) is 1. The van der Waals surface area contributed by atoms with Gasteiger partial charge in [-0.15, -0.1) is 0 Å². The molecule has 2 bridgehead atoms. The van der Waals surface area contributed by atoms with Crippen LogP contribution in [0.5, 0.6) is 0 Å². The van der Waals surface area contributed by atoms with Gasteiger partial charge in [0.25, 0.3) is 0 Å². The summed E-state index contributed by atoms with van der Waals surface area (Å²) in [5.41, 5.74) is -0.492. The number of allylic oxidation sites excluding steroid dienone is 2. The lowest BCUT2D eigenvalue weighted by Gasteiger charge is -2.54. The first-order chi connectivity index (χ1) is 12.7. The molecule has 4 aliphatic rings. The van der Waals surface area contributed by atoms with Crippen LogP contribution in [0.3, 0.4) is 0 Å². The van der Waals surface area contributed by atoms with E-state index in [-0.39, 0.29) is 23.2 Å². The maximum atomic E-state index is 12.6. The molecule has 1 aliphatic heterocycles. The highest BCUT2D eigenvalue weighted by atomic mass is 28.4. The molecule has 28 heavy (non-hydrogen) atoms. The maximum absolute atomic E-state index is 12.6. The first kappa shape index (κ1) is 20.8. The molecule has 6 heteroatoms. The second-order valence-corrected chi connectivity index (χ2v) is 21.3. The Morgan fingerprint density at radius 1 is 1.11 bits per heavy atom. The molecular formula is C22H38O4Si2. The number of hydrogen-bond donors (Lipinski definition) is 0. The normalized spacial score (nSPS) is 42.5. The van der Waals surface area contributed by atoms with Crippen LogP contribution in [0.4, 0.5) is 0 Å². The smallest absolute Gasteiger partial charge is 0.309 e. The van der Waals surface area contributed by atoms with E-state index < -0.39 is 22.2 Å². The highest BCUT2D eigenvalue weighted by Gasteiger charge is 2.67. The minimum Gasteiger partial charge on any atom is -0.456 e. The minimum atomic E-state index is -2.01. The van der Waals surface area contributed by atoms with Gasteiger partial charge in [-0.3, -0.25) is 4.79 Å². The van der Waals surface area contributed by atoms with Gasteiger partial charge in [-0.25, -0.2) is 0 Å². The van der Waals surface area contributed by atoms with E-state index in [1.807, 2.05) is 0 Å². The first-order valence-corrected chi connectivity index (χ1v) is 17.3. The Bertz CT molecular complexity index is 690. The van der Waals surface area contributed by atoms with Crippen molar-refractivity contribution in [3.63, 3.8) is 0 Å². The molecule has 158 valence electrons. The Labute approximate surface area is 172 Å². The molecule has 0 aromatic heterocycles. The Morgan fingerprint density at radius 3 is 2.36 bits per heavy atom. The minimum absolute atomic E-state index is 0.0395. The molecule has 1 saturated heterocycles. The highest BCUT2D eigenvalue weighted by Crippen LogP contribution is 2.61. The fraction of sp³-hybridized carbons (Fsp3) is 0.864. The summed E-state index contributed by atoms with van der Waals surface area (Å²) >= 11 is 0. The number of hydrogen-bond acceptors (Lipinski definition) is 4. The third-order valence-electron chi connectivity index (χ3n) is 7.91. The highest BCUT2D eigenvalue weighted by molar-refractivity contribution is 6.74. The number of carbonyl (C=O) groups excluding carboxylic acids is 1. The molecular weight excluding hydrogens is 384 g/mol. The van der Waals surface area contributed by atoms with Crippen LogP contribution in [-0.4, -0.2) is 40.4 Å². The largest absolute Gasteiger partial charge is 0.456 e. The fourth-order valence-corrected chi connectivity index (χ4v) is 8.74. The van der Waals surface area contributed by atoms with Gasteiger partial charge < -0.3 is 13.6 Å². The molecule has 4 nitrogen and oxygen atoms in total. The van der Waals surface area contributed by atoms with Crippen LogP contribution in [0.1, 0.15) is 40.0 Å². The molecule has 3 fully saturated rings. The van der Waals surface area contributed by atoms with Crippen LogP contribution in [0.25, 0.3) is 0 Å². The lowest BCUT2D eigenvalue weighted by Crippen LogP contribution is -2.63.